The maximum absolute atomic E-state index is 11.3. The number of para-hydroxylation sites is 1. The molecule has 0 saturated carbocycles. The lowest BCUT2D eigenvalue weighted by Crippen LogP contribution is -2.41. The van der Waals surface area contributed by atoms with Crippen molar-refractivity contribution in [3.8, 4) is 0 Å². The normalized spacial score (nSPS) is 15.8. The Labute approximate surface area is 129 Å². The molecule has 0 aliphatic carbocycles. The van der Waals surface area contributed by atoms with Crippen molar-refractivity contribution in [3.05, 3.63) is 24.3 Å². The molecule has 114 valence electrons. The van der Waals surface area contributed by atoms with Gasteiger partial charge < -0.3 is 16.0 Å². The number of piperidine rings is 1. The number of benzene rings is 1. The predicted molar refractivity (Wildman–Crippen MR) is 85.3 cm³/mol. The van der Waals surface area contributed by atoms with Gasteiger partial charge in [-0.15, -0.1) is 11.8 Å². The molecule has 0 spiro atoms. The fourth-order valence-corrected chi connectivity index (χ4v) is 3.17. The smallest absolute Gasteiger partial charge is 0.227 e. The molecule has 6 heteroatoms. The first-order chi connectivity index (χ1) is 10.1. The summed E-state index contributed by atoms with van der Waals surface area (Å²) < 4.78 is 0. The average Bonchev–Trinajstić information content (AvgIpc) is 2.47. The first kappa shape index (κ1) is 15.7. The molecular formula is C15H21N3O2S. The Hall–Kier alpha value is -1.69. The Morgan fingerprint density at radius 1 is 1.33 bits per heavy atom. The van der Waals surface area contributed by atoms with Gasteiger partial charge in [0.15, 0.2) is 0 Å². The van der Waals surface area contributed by atoms with E-state index in [0.29, 0.717) is 6.04 Å². The monoisotopic (exact) mass is 307 g/mol. The van der Waals surface area contributed by atoms with E-state index in [2.05, 4.69) is 5.32 Å². The predicted octanol–water partition coefficient (Wildman–Crippen LogP) is 1.69. The number of carbonyl (C=O) groups is 2. The van der Waals surface area contributed by atoms with Crippen molar-refractivity contribution in [1.82, 2.24) is 4.90 Å². The maximum Gasteiger partial charge on any atom is 0.227 e. The second-order valence-electron chi connectivity index (χ2n) is 5.18. The molecule has 1 heterocycles. The fraction of sp³-hybridized carbons (Fsp3) is 0.467. The minimum atomic E-state index is -0.315. The molecule has 1 aromatic rings. The van der Waals surface area contributed by atoms with Crippen molar-refractivity contribution in [1.29, 1.82) is 0 Å². The Balaban J connectivity index is 1.94. The lowest BCUT2D eigenvalue weighted by Gasteiger charge is -2.32. The van der Waals surface area contributed by atoms with Crippen LogP contribution in [0.15, 0.2) is 29.2 Å². The van der Waals surface area contributed by atoms with Gasteiger partial charge in [0, 0.05) is 36.6 Å². The molecule has 1 aliphatic rings. The molecule has 2 amide bonds. The first-order valence-electron chi connectivity index (χ1n) is 7.08. The van der Waals surface area contributed by atoms with E-state index in [-0.39, 0.29) is 17.6 Å². The summed E-state index contributed by atoms with van der Waals surface area (Å²) in [5.41, 5.74) is 6.23. The van der Waals surface area contributed by atoms with Crippen LogP contribution in [0.3, 0.4) is 0 Å². The first-order valence-corrected chi connectivity index (χ1v) is 8.07. The zero-order valence-electron chi connectivity index (χ0n) is 12.2. The molecule has 1 aliphatic heterocycles. The molecule has 1 saturated heterocycles. The third-order valence-corrected chi connectivity index (χ3v) is 4.65. The number of amides is 2. The summed E-state index contributed by atoms with van der Waals surface area (Å²) >= 11 is 1.45. The molecule has 0 radical (unpaired) electrons. The van der Waals surface area contributed by atoms with Crippen LogP contribution in [0.1, 0.15) is 19.8 Å². The number of primary amides is 1. The van der Waals surface area contributed by atoms with Crippen LogP contribution in [0.25, 0.3) is 0 Å². The van der Waals surface area contributed by atoms with Gasteiger partial charge in [-0.25, -0.2) is 0 Å². The van der Waals surface area contributed by atoms with Crippen LogP contribution in [0.5, 0.6) is 0 Å². The maximum atomic E-state index is 11.3. The molecule has 0 aromatic heterocycles. The van der Waals surface area contributed by atoms with Gasteiger partial charge in [-0.3, -0.25) is 9.59 Å². The minimum Gasteiger partial charge on any atom is -0.381 e. The molecule has 1 aromatic carbocycles. The van der Waals surface area contributed by atoms with Crippen molar-refractivity contribution >= 4 is 29.3 Å². The van der Waals surface area contributed by atoms with E-state index >= 15 is 0 Å². The van der Waals surface area contributed by atoms with Crippen molar-refractivity contribution in [2.45, 2.75) is 30.7 Å². The highest BCUT2D eigenvalue weighted by Crippen LogP contribution is 2.28. The number of anilines is 1. The lowest BCUT2D eigenvalue weighted by molar-refractivity contribution is -0.129. The number of thioether (sulfide) groups is 1. The van der Waals surface area contributed by atoms with Gasteiger partial charge in [0.25, 0.3) is 0 Å². The molecular weight excluding hydrogens is 286 g/mol. The van der Waals surface area contributed by atoms with E-state index in [1.165, 1.54) is 11.8 Å². The van der Waals surface area contributed by atoms with E-state index < -0.39 is 0 Å². The highest BCUT2D eigenvalue weighted by atomic mass is 32.2. The van der Waals surface area contributed by atoms with Gasteiger partial charge in [-0.05, 0) is 25.0 Å². The van der Waals surface area contributed by atoms with Crippen molar-refractivity contribution in [3.63, 3.8) is 0 Å². The van der Waals surface area contributed by atoms with Gasteiger partial charge in [0.2, 0.25) is 11.8 Å². The second kappa shape index (κ2) is 7.36. The number of nitrogens with two attached hydrogens (primary N) is 1. The van der Waals surface area contributed by atoms with Gasteiger partial charge in [-0.2, -0.15) is 0 Å². The zero-order valence-corrected chi connectivity index (χ0v) is 13.0. The van der Waals surface area contributed by atoms with Crippen molar-refractivity contribution < 1.29 is 9.59 Å². The van der Waals surface area contributed by atoms with Crippen LogP contribution in [0, 0.1) is 0 Å². The number of likely N-dealkylation sites (tertiary alicyclic amines) is 1. The summed E-state index contributed by atoms with van der Waals surface area (Å²) in [5.74, 6) is 0.108. The summed E-state index contributed by atoms with van der Waals surface area (Å²) in [6, 6.07) is 8.28. The van der Waals surface area contributed by atoms with E-state index in [0.717, 1.165) is 36.5 Å². The van der Waals surface area contributed by atoms with E-state index in [1.54, 1.807) is 6.92 Å². The molecule has 0 atom stereocenters. The number of nitrogens with zero attached hydrogens (tertiary/aromatic N) is 1. The van der Waals surface area contributed by atoms with Gasteiger partial charge in [-0.1, -0.05) is 12.1 Å². The van der Waals surface area contributed by atoms with Gasteiger partial charge in [0.1, 0.15) is 0 Å². The van der Waals surface area contributed by atoms with E-state index in [1.807, 2.05) is 29.2 Å². The SMILES string of the molecule is CC(=O)N1CCC(Nc2ccccc2SCC(N)=O)CC1. The minimum absolute atomic E-state index is 0.144. The second-order valence-corrected chi connectivity index (χ2v) is 6.19. The average molecular weight is 307 g/mol. The lowest BCUT2D eigenvalue weighted by atomic mass is 10.0. The molecule has 2 rings (SSSR count). The Kier molecular flexibility index (Phi) is 5.50. The fourth-order valence-electron chi connectivity index (χ4n) is 2.42. The number of hydrogen-bond acceptors (Lipinski definition) is 4. The van der Waals surface area contributed by atoms with Crippen molar-refractivity contribution in [2.75, 3.05) is 24.2 Å². The van der Waals surface area contributed by atoms with Crippen LogP contribution in [0.4, 0.5) is 5.69 Å². The van der Waals surface area contributed by atoms with Gasteiger partial charge >= 0.3 is 0 Å². The summed E-state index contributed by atoms with van der Waals surface area (Å²) in [6.07, 6.45) is 1.88. The van der Waals surface area contributed by atoms with Gasteiger partial charge in [0.05, 0.1) is 5.75 Å². The Bertz CT molecular complexity index is 513. The van der Waals surface area contributed by atoms with Crippen LogP contribution >= 0.6 is 11.8 Å². The summed E-state index contributed by atoms with van der Waals surface area (Å²) in [5, 5.41) is 3.52. The summed E-state index contributed by atoms with van der Waals surface area (Å²) in [6.45, 7) is 3.21. The quantitative estimate of drug-likeness (QED) is 0.812. The number of nitrogens with one attached hydrogen (secondary N) is 1. The van der Waals surface area contributed by atoms with E-state index in [4.69, 9.17) is 5.73 Å². The molecule has 3 N–H and O–H groups in total. The number of carbonyl (C=O) groups excluding carboxylic acids is 2. The molecule has 0 unspecified atom stereocenters. The summed E-state index contributed by atoms with van der Waals surface area (Å²) in [4.78, 5) is 25.2. The summed E-state index contributed by atoms with van der Waals surface area (Å²) in [7, 11) is 0. The molecule has 5 nitrogen and oxygen atoms in total. The molecule has 1 fully saturated rings. The Morgan fingerprint density at radius 2 is 2.00 bits per heavy atom. The van der Waals surface area contributed by atoms with Crippen LogP contribution in [-0.2, 0) is 9.59 Å². The van der Waals surface area contributed by atoms with Crippen LogP contribution in [0.2, 0.25) is 0 Å². The standard InChI is InChI=1S/C15H21N3O2S/c1-11(19)18-8-6-12(7-9-18)17-13-4-2-3-5-14(13)21-10-15(16)20/h2-5,12,17H,6-10H2,1H3,(H2,16,20). The number of rotatable bonds is 5. The van der Waals surface area contributed by atoms with E-state index in [9.17, 15) is 9.59 Å². The number of hydrogen-bond donors (Lipinski definition) is 2. The van der Waals surface area contributed by atoms with Crippen LogP contribution < -0.4 is 11.1 Å². The molecule has 0 bridgehead atoms. The zero-order chi connectivity index (χ0) is 15.2. The highest BCUT2D eigenvalue weighted by molar-refractivity contribution is 8.00. The largest absolute Gasteiger partial charge is 0.381 e. The third-order valence-electron chi connectivity index (χ3n) is 3.56. The molecule has 21 heavy (non-hydrogen) atoms. The topological polar surface area (TPSA) is 75.4 Å². The van der Waals surface area contributed by atoms with Crippen LogP contribution in [-0.4, -0.2) is 41.6 Å². The highest BCUT2D eigenvalue weighted by Gasteiger charge is 2.21. The third kappa shape index (κ3) is 4.67. The van der Waals surface area contributed by atoms with Crippen molar-refractivity contribution in [2.24, 2.45) is 5.73 Å². The Morgan fingerprint density at radius 3 is 2.62 bits per heavy atom.